The number of hydrogen-bond acceptors (Lipinski definition) is 8. The number of imide groups is 1. The smallest absolute Gasteiger partial charge is 0.249 e. The van der Waals surface area contributed by atoms with Gasteiger partial charge in [-0.15, -0.1) is 0 Å². The Balaban J connectivity index is 1.01. The number of hydrogen-bond donors (Lipinski definition) is 3. The van der Waals surface area contributed by atoms with Crippen LogP contribution >= 0.6 is 11.6 Å². The fraction of sp³-hybridized carbons (Fsp3) is 0.483. The number of rotatable bonds is 9. The van der Waals surface area contributed by atoms with Crippen LogP contribution < -0.4 is 16.0 Å². The quantitative estimate of drug-likeness (QED) is 0.337. The minimum absolute atomic E-state index is 0.203. The van der Waals surface area contributed by atoms with Crippen LogP contribution in [0.15, 0.2) is 36.7 Å². The lowest BCUT2D eigenvalue weighted by Gasteiger charge is -2.32. The van der Waals surface area contributed by atoms with Gasteiger partial charge in [0.05, 0.1) is 23.1 Å². The molecule has 2 amide bonds. The summed E-state index contributed by atoms with van der Waals surface area (Å²) in [7, 11) is 1.98. The van der Waals surface area contributed by atoms with E-state index in [0.717, 1.165) is 61.8 Å². The van der Waals surface area contributed by atoms with Gasteiger partial charge in [-0.2, -0.15) is 5.10 Å². The number of aromatic nitrogens is 4. The van der Waals surface area contributed by atoms with Crippen molar-refractivity contribution < 1.29 is 9.59 Å². The molecular formula is C29H35ClN8O2. The Kier molecular flexibility index (Phi) is 7.71. The zero-order valence-electron chi connectivity index (χ0n) is 22.7. The largest absolute Gasteiger partial charge is 0.374 e. The Hall–Kier alpha value is -3.50. The van der Waals surface area contributed by atoms with Crippen LogP contribution in [0.5, 0.6) is 0 Å². The standard InChI is InChI=1S/C29H35ClN8O2/c1-37-25(14-18-2-3-18)22(15-32-37)27-23(30)16-31-29(36-27)34-21-10-12-38(13-11-21)17-19-4-6-20(7-5-19)33-24-8-9-26(39)35-28(24)40/h4-7,15-16,18,21,24,33H,2-3,8-14,17H2,1H3,(H,31,34,36)(H,35,39,40). The second-order valence-corrected chi connectivity index (χ2v) is 11.6. The molecule has 6 rings (SSSR count). The van der Waals surface area contributed by atoms with E-state index >= 15 is 0 Å². The first-order valence-electron chi connectivity index (χ1n) is 14.1. The number of benzene rings is 1. The Labute approximate surface area is 238 Å². The number of nitrogens with one attached hydrogen (secondary N) is 3. The van der Waals surface area contributed by atoms with Crippen LogP contribution in [-0.4, -0.2) is 61.6 Å². The van der Waals surface area contributed by atoms with Crippen LogP contribution in [0.1, 0.15) is 49.8 Å². The number of carbonyl (C=O) groups excluding carboxylic acids is 2. The van der Waals surface area contributed by atoms with E-state index in [0.29, 0.717) is 29.9 Å². The zero-order valence-corrected chi connectivity index (χ0v) is 23.5. The highest BCUT2D eigenvalue weighted by molar-refractivity contribution is 6.33. The molecule has 3 fully saturated rings. The number of likely N-dealkylation sites (tertiary alicyclic amines) is 1. The Morgan fingerprint density at radius 3 is 2.52 bits per heavy atom. The normalized spacial score (nSPS) is 20.4. The summed E-state index contributed by atoms with van der Waals surface area (Å²) in [5, 5.41) is 14.2. The van der Waals surface area contributed by atoms with Crippen molar-refractivity contribution in [3.63, 3.8) is 0 Å². The number of anilines is 2. The average Bonchev–Trinajstić information content (AvgIpc) is 3.70. The molecule has 1 aliphatic carbocycles. The first-order valence-corrected chi connectivity index (χ1v) is 14.5. The van der Waals surface area contributed by atoms with Crippen LogP contribution in [0.3, 0.4) is 0 Å². The highest BCUT2D eigenvalue weighted by Gasteiger charge is 2.28. The second kappa shape index (κ2) is 11.5. The molecule has 4 heterocycles. The summed E-state index contributed by atoms with van der Waals surface area (Å²) in [6.45, 7) is 2.82. The topological polar surface area (TPSA) is 117 Å². The monoisotopic (exact) mass is 562 g/mol. The summed E-state index contributed by atoms with van der Waals surface area (Å²) in [4.78, 5) is 35.1. The van der Waals surface area contributed by atoms with Crippen LogP contribution in [-0.2, 0) is 29.6 Å². The van der Waals surface area contributed by atoms with Crippen molar-refractivity contribution in [1.29, 1.82) is 0 Å². The molecule has 2 saturated heterocycles. The van der Waals surface area contributed by atoms with Crippen LogP contribution in [0.25, 0.3) is 11.3 Å². The Bertz CT molecular complexity index is 1380. The van der Waals surface area contributed by atoms with Gasteiger partial charge in [0.15, 0.2) is 0 Å². The van der Waals surface area contributed by atoms with Crippen molar-refractivity contribution in [3.8, 4) is 11.3 Å². The van der Waals surface area contributed by atoms with Crippen molar-refractivity contribution in [2.45, 2.75) is 63.6 Å². The highest BCUT2D eigenvalue weighted by Crippen LogP contribution is 2.37. The van der Waals surface area contributed by atoms with E-state index in [2.05, 4.69) is 43.1 Å². The molecule has 3 aromatic rings. The van der Waals surface area contributed by atoms with Crippen LogP contribution in [0, 0.1) is 5.92 Å². The SMILES string of the molecule is Cn1ncc(-c2nc(NC3CCN(Cc4ccc(NC5CCC(=O)NC5=O)cc4)CC3)ncc2Cl)c1CC1CC1. The van der Waals surface area contributed by atoms with E-state index in [1.807, 2.05) is 30.1 Å². The molecule has 3 N–H and O–H groups in total. The van der Waals surface area contributed by atoms with Crippen molar-refractivity contribution in [2.24, 2.45) is 13.0 Å². The predicted octanol–water partition coefficient (Wildman–Crippen LogP) is 3.78. The molecule has 1 saturated carbocycles. The minimum Gasteiger partial charge on any atom is -0.374 e. The average molecular weight is 563 g/mol. The number of aryl methyl sites for hydroxylation is 1. The summed E-state index contributed by atoms with van der Waals surface area (Å²) in [5.41, 5.74) is 5.04. The van der Waals surface area contributed by atoms with E-state index in [-0.39, 0.29) is 17.9 Å². The number of halogens is 1. The first kappa shape index (κ1) is 26.7. The third kappa shape index (κ3) is 6.28. The molecule has 210 valence electrons. The molecule has 0 radical (unpaired) electrons. The van der Waals surface area contributed by atoms with Gasteiger partial charge in [0.2, 0.25) is 17.8 Å². The van der Waals surface area contributed by atoms with E-state index in [1.54, 1.807) is 6.20 Å². The van der Waals surface area contributed by atoms with E-state index in [4.69, 9.17) is 16.6 Å². The van der Waals surface area contributed by atoms with Gasteiger partial charge in [-0.05, 0) is 62.1 Å². The molecule has 0 spiro atoms. The number of nitrogens with zero attached hydrogens (tertiary/aromatic N) is 5. The molecule has 2 aliphatic heterocycles. The lowest BCUT2D eigenvalue weighted by Crippen LogP contribution is -2.47. The van der Waals surface area contributed by atoms with Gasteiger partial charge in [0.25, 0.3) is 0 Å². The maximum atomic E-state index is 12.0. The van der Waals surface area contributed by atoms with E-state index in [9.17, 15) is 9.59 Å². The predicted molar refractivity (Wildman–Crippen MR) is 154 cm³/mol. The maximum Gasteiger partial charge on any atom is 0.249 e. The summed E-state index contributed by atoms with van der Waals surface area (Å²) in [6, 6.07) is 8.12. The van der Waals surface area contributed by atoms with Crippen LogP contribution in [0.4, 0.5) is 11.6 Å². The molecular weight excluding hydrogens is 528 g/mol. The summed E-state index contributed by atoms with van der Waals surface area (Å²) in [6.07, 6.45) is 9.99. The fourth-order valence-electron chi connectivity index (χ4n) is 5.54. The first-order chi connectivity index (χ1) is 19.4. The summed E-state index contributed by atoms with van der Waals surface area (Å²) < 4.78 is 1.94. The van der Waals surface area contributed by atoms with Crippen molar-refractivity contribution >= 4 is 35.1 Å². The molecule has 10 nitrogen and oxygen atoms in total. The highest BCUT2D eigenvalue weighted by atomic mass is 35.5. The molecule has 2 aromatic heterocycles. The van der Waals surface area contributed by atoms with Crippen molar-refractivity contribution in [3.05, 3.63) is 52.9 Å². The number of carbonyl (C=O) groups is 2. The van der Waals surface area contributed by atoms with Gasteiger partial charge in [0, 0.05) is 56.1 Å². The van der Waals surface area contributed by atoms with E-state index in [1.165, 1.54) is 24.1 Å². The lowest BCUT2D eigenvalue weighted by atomic mass is 10.0. The fourth-order valence-corrected chi connectivity index (χ4v) is 5.73. The number of piperidine rings is 2. The zero-order chi connectivity index (χ0) is 27.6. The molecule has 1 aromatic carbocycles. The molecule has 3 aliphatic rings. The minimum atomic E-state index is -0.370. The molecule has 40 heavy (non-hydrogen) atoms. The van der Waals surface area contributed by atoms with Gasteiger partial charge in [0.1, 0.15) is 6.04 Å². The van der Waals surface area contributed by atoms with Gasteiger partial charge >= 0.3 is 0 Å². The van der Waals surface area contributed by atoms with Gasteiger partial charge in [-0.3, -0.25) is 24.5 Å². The molecule has 11 heteroatoms. The van der Waals surface area contributed by atoms with Crippen molar-refractivity contribution in [1.82, 2.24) is 30.0 Å². The lowest BCUT2D eigenvalue weighted by molar-refractivity contribution is -0.133. The summed E-state index contributed by atoms with van der Waals surface area (Å²) >= 11 is 6.54. The number of amides is 2. The Morgan fingerprint density at radius 1 is 1.02 bits per heavy atom. The second-order valence-electron chi connectivity index (χ2n) is 11.2. The van der Waals surface area contributed by atoms with Crippen LogP contribution in [0.2, 0.25) is 5.02 Å². The third-order valence-corrected chi connectivity index (χ3v) is 8.38. The molecule has 0 bridgehead atoms. The Morgan fingerprint density at radius 2 is 1.80 bits per heavy atom. The molecule has 1 unspecified atom stereocenters. The van der Waals surface area contributed by atoms with Gasteiger partial charge in [-0.25, -0.2) is 9.97 Å². The van der Waals surface area contributed by atoms with E-state index < -0.39 is 0 Å². The molecule has 1 atom stereocenters. The van der Waals surface area contributed by atoms with Gasteiger partial charge < -0.3 is 10.6 Å². The van der Waals surface area contributed by atoms with Crippen molar-refractivity contribution in [2.75, 3.05) is 23.7 Å². The third-order valence-electron chi connectivity index (χ3n) is 8.10. The van der Waals surface area contributed by atoms with Gasteiger partial charge in [-0.1, -0.05) is 23.7 Å². The maximum absolute atomic E-state index is 12.0. The summed E-state index contributed by atoms with van der Waals surface area (Å²) in [5.74, 6) is 0.890.